The topological polar surface area (TPSA) is 114 Å². The molecule has 0 fully saturated rings. The van der Waals surface area contributed by atoms with Gasteiger partial charge in [0.05, 0.1) is 5.69 Å². The van der Waals surface area contributed by atoms with Crippen molar-refractivity contribution < 1.29 is 14.1 Å². The predicted octanol–water partition coefficient (Wildman–Crippen LogP) is 2.39. The lowest BCUT2D eigenvalue weighted by Gasteiger charge is -2.07. The van der Waals surface area contributed by atoms with E-state index in [-0.39, 0.29) is 18.7 Å². The maximum absolute atomic E-state index is 12.5. The molecule has 152 valence electrons. The molecule has 0 saturated carbocycles. The van der Waals surface area contributed by atoms with Gasteiger partial charge in [-0.3, -0.25) is 24.8 Å². The van der Waals surface area contributed by atoms with Crippen LogP contribution in [-0.2, 0) is 11.2 Å². The number of aromatic nitrogens is 4. The molecule has 0 atom stereocenters. The highest BCUT2D eigenvalue weighted by molar-refractivity contribution is 5.95. The summed E-state index contributed by atoms with van der Waals surface area (Å²) in [6.45, 7) is 3.74. The SMILES string of the molecule is Cc1ccc(-c2noc(CCC(=O)NNC(=O)c3c(C)nc4ccccn34)n2)cc1. The fourth-order valence-corrected chi connectivity index (χ4v) is 3.03. The molecular formula is C21H20N6O3. The van der Waals surface area contributed by atoms with Crippen molar-refractivity contribution >= 4 is 17.5 Å². The second-order valence-electron chi connectivity index (χ2n) is 6.85. The third-order valence-electron chi connectivity index (χ3n) is 4.58. The van der Waals surface area contributed by atoms with E-state index in [1.165, 1.54) is 0 Å². The van der Waals surface area contributed by atoms with E-state index in [1.54, 1.807) is 29.7 Å². The molecule has 3 aromatic heterocycles. The van der Waals surface area contributed by atoms with Crippen molar-refractivity contribution in [3.63, 3.8) is 0 Å². The first-order valence-corrected chi connectivity index (χ1v) is 9.44. The minimum absolute atomic E-state index is 0.0853. The Kier molecular flexibility index (Phi) is 5.25. The molecule has 2 amide bonds. The van der Waals surface area contributed by atoms with Crippen LogP contribution in [0.25, 0.3) is 17.0 Å². The second-order valence-corrected chi connectivity index (χ2v) is 6.85. The molecular weight excluding hydrogens is 384 g/mol. The zero-order chi connectivity index (χ0) is 21.1. The molecule has 4 rings (SSSR count). The number of benzene rings is 1. The molecule has 0 bridgehead atoms. The highest BCUT2D eigenvalue weighted by atomic mass is 16.5. The van der Waals surface area contributed by atoms with Gasteiger partial charge in [0.25, 0.3) is 5.91 Å². The number of hydrogen-bond acceptors (Lipinski definition) is 6. The van der Waals surface area contributed by atoms with Gasteiger partial charge >= 0.3 is 0 Å². The number of nitrogens with one attached hydrogen (secondary N) is 2. The highest BCUT2D eigenvalue weighted by Gasteiger charge is 2.17. The fraction of sp³-hybridized carbons (Fsp3) is 0.190. The number of carbonyl (C=O) groups is 2. The summed E-state index contributed by atoms with van der Waals surface area (Å²) in [6, 6.07) is 13.2. The lowest BCUT2D eigenvalue weighted by atomic mass is 10.1. The Morgan fingerprint density at radius 1 is 1.03 bits per heavy atom. The number of aryl methyl sites for hydroxylation is 3. The summed E-state index contributed by atoms with van der Waals surface area (Å²) in [4.78, 5) is 33.2. The minimum atomic E-state index is -0.445. The smallest absolute Gasteiger partial charge is 0.288 e. The lowest BCUT2D eigenvalue weighted by Crippen LogP contribution is -2.42. The first-order valence-electron chi connectivity index (χ1n) is 9.44. The van der Waals surface area contributed by atoms with Gasteiger partial charge in [0, 0.05) is 24.6 Å². The molecule has 2 N–H and O–H groups in total. The number of fused-ring (bicyclic) bond motifs is 1. The van der Waals surface area contributed by atoms with Gasteiger partial charge in [0.2, 0.25) is 17.6 Å². The molecule has 0 saturated heterocycles. The summed E-state index contributed by atoms with van der Waals surface area (Å²) >= 11 is 0. The van der Waals surface area contributed by atoms with Crippen molar-refractivity contribution in [2.24, 2.45) is 0 Å². The van der Waals surface area contributed by atoms with E-state index < -0.39 is 5.91 Å². The number of nitrogens with zero attached hydrogens (tertiary/aromatic N) is 4. The predicted molar refractivity (Wildman–Crippen MR) is 108 cm³/mol. The summed E-state index contributed by atoms with van der Waals surface area (Å²) in [5.41, 5.74) is 8.41. The quantitative estimate of drug-likeness (QED) is 0.494. The standard InChI is InChI=1S/C21H20N6O3/c1-13-6-8-15(9-7-13)20-23-18(30-26-20)11-10-17(28)24-25-21(29)19-14(2)22-16-5-3-4-12-27(16)19/h3-9,12H,10-11H2,1-2H3,(H,24,28)(H,25,29). The summed E-state index contributed by atoms with van der Waals surface area (Å²) in [5.74, 6) is 0.00962. The molecule has 0 aliphatic rings. The van der Waals surface area contributed by atoms with E-state index in [0.29, 0.717) is 28.8 Å². The minimum Gasteiger partial charge on any atom is -0.339 e. The molecule has 0 spiro atoms. The summed E-state index contributed by atoms with van der Waals surface area (Å²) < 4.78 is 6.88. The molecule has 0 aliphatic carbocycles. The van der Waals surface area contributed by atoms with Crippen LogP contribution < -0.4 is 10.9 Å². The first kappa shape index (κ1) is 19.3. The van der Waals surface area contributed by atoms with Crippen LogP contribution in [0.5, 0.6) is 0 Å². The molecule has 30 heavy (non-hydrogen) atoms. The molecule has 0 unspecified atom stereocenters. The number of rotatable bonds is 5. The summed E-state index contributed by atoms with van der Waals surface area (Å²) in [7, 11) is 0. The van der Waals surface area contributed by atoms with E-state index in [1.807, 2.05) is 37.3 Å². The monoisotopic (exact) mass is 404 g/mol. The number of hydrazine groups is 1. The number of pyridine rings is 1. The Morgan fingerprint density at radius 3 is 2.63 bits per heavy atom. The largest absolute Gasteiger partial charge is 0.339 e. The Hall–Kier alpha value is -4.01. The second kappa shape index (κ2) is 8.16. The van der Waals surface area contributed by atoms with Crippen LogP contribution in [0, 0.1) is 13.8 Å². The van der Waals surface area contributed by atoms with E-state index >= 15 is 0 Å². The third-order valence-corrected chi connectivity index (χ3v) is 4.58. The Morgan fingerprint density at radius 2 is 1.83 bits per heavy atom. The van der Waals surface area contributed by atoms with Gasteiger partial charge in [-0.2, -0.15) is 4.98 Å². The zero-order valence-corrected chi connectivity index (χ0v) is 16.5. The average Bonchev–Trinajstić information content (AvgIpc) is 3.34. The maximum atomic E-state index is 12.5. The van der Waals surface area contributed by atoms with Crippen molar-refractivity contribution in [2.45, 2.75) is 26.7 Å². The number of carbonyl (C=O) groups excluding carboxylic acids is 2. The molecule has 9 nitrogen and oxygen atoms in total. The van der Waals surface area contributed by atoms with Crippen LogP contribution in [0.1, 0.15) is 34.1 Å². The van der Waals surface area contributed by atoms with Crippen molar-refractivity contribution in [2.75, 3.05) is 0 Å². The van der Waals surface area contributed by atoms with Gasteiger partial charge < -0.3 is 4.52 Å². The maximum Gasteiger partial charge on any atom is 0.288 e. The van der Waals surface area contributed by atoms with Gasteiger partial charge in [-0.15, -0.1) is 0 Å². The number of hydrogen-bond donors (Lipinski definition) is 2. The Balaban J connectivity index is 1.31. The van der Waals surface area contributed by atoms with Crippen LogP contribution in [-0.4, -0.2) is 31.3 Å². The molecule has 9 heteroatoms. The summed E-state index contributed by atoms with van der Waals surface area (Å²) in [6.07, 6.45) is 2.09. The third kappa shape index (κ3) is 4.04. The van der Waals surface area contributed by atoms with Gasteiger partial charge in [-0.05, 0) is 26.0 Å². The summed E-state index contributed by atoms with van der Waals surface area (Å²) in [5, 5.41) is 3.94. The molecule has 0 aliphatic heterocycles. The fourth-order valence-electron chi connectivity index (χ4n) is 3.03. The van der Waals surface area contributed by atoms with E-state index in [9.17, 15) is 9.59 Å². The van der Waals surface area contributed by atoms with Crippen LogP contribution in [0.4, 0.5) is 0 Å². The van der Waals surface area contributed by atoms with Gasteiger partial charge in [-0.1, -0.05) is 41.1 Å². The van der Waals surface area contributed by atoms with Crippen LogP contribution >= 0.6 is 0 Å². The van der Waals surface area contributed by atoms with Crippen molar-refractivity contribution in [1.29, 1.82) is 0 Å². The van der Waals surface area contributed by atoms with E-state index in [4.69, 9.17) is 4.52 Å². The van der Waals surface area contributed by atoms with Gasteiger partial charge in [-0.25, -0.2) is 4.98 Å². The Bertz CT molecular complexity index is 1210. The number of amides is 2. The van der Waals surface area contributed by atoms with Crippen LogP contribution in [0.2, 0.25) is 0 Å². The highest BCUT2D eigenvalue weighted by Crippen LogP contribution is 2.17. The van der Waals surface area contributed by atoms with Crippen molar-refractivity contribution in [3.05, 3.63) is 71.5 Å². The van der Waals surface area contributed by atoms with Gasteiger partial charge in [0.1, 0.15) is 11.3 Å². The molecule has 4 aromatic rings. The molecule has 1 aromatic carbocycles. The van der Waals surface area contributed by atoms with E-state index in [2.05, 4.69) is 26.0 Å². The van der Waals surface area contributed by atoms with E-state index in [0.717, 1.165) is 11.1 Å². The normalized spacial score (nSPS) is 10.9. The Labute approximate surface area is 172 Å². The van der Waals surface area contributed by atoms with Gasteiger partial charge in [0.15, 0.2) is 0 Å². The van der Waals surface area contributed by atoms with Crippen LogP contribution in [0.3, 0.4) is 0 Å². The molecule has 3 heterocycles. The average molecular weight is 404 g/mol. The zero-order valence-electron chi connectivity index (χ0n) is 16.5. The first-order chi connectivity index (χ1) is 14.5. The van der Waals surface area contributed by atoms with Crippen LogP contribution in [0.15, 0.2) is 53.2 Å². The molecule has 0 radical (unpaired) electrons. The van der Waals surface area contributed by atoms with Crippen molar-refractivity contribution in [1.82, 2.24) is 30.4 Å². The lowest BCUT2D eigenvalue weighted by molar-refractivity contribution is -0.121. The van der Waals surface area contributed by atoms with Crippen molar-refractivity contribution in [3.8, 4) is 11.4 Å². The number of imidazole rings is 1.